The van der Waals surface area contributed by atoms with Gasteiger partial charge < -0.3 is 5.11 Å². The number of rotatable bonds is 5. The molecule has 1 aromatic carbocycles. The van der Waals surface area contributed by atoms with Gasteiger partial charge in [-0.25, -0.2) is 4.98 Å². The Morgan fingerprint density at radius 2 is 1.95 bits per heavy atom. The summed E-state index contributed by atoms with van der Waals surface area (Å²) < 4.78 is 0. The maximum atomic E-state index is 9.79. The van der Waals surface area contributed by atoms with Crippen LogP contribution in [0.1, 0.15) is 19.5 Å². The highest BCUT2D eigenvalue weighted by molar-refractivity contribution is 7.13. The third kappa shape index (κ3) is 4.42. The van der Waals surface area contributed by atoms with Gasteiger partial charge in [-0.05, 0) is 20.9 Å². The van der Waals surface area contributed by atoms with Crippen molar-refractivity contribution in [2.24, 2.45) is 0 Å². The molecule has 0 radical (unpaired) electrons. The number of aliphatic hydroxyl groups is 1. The van der Waals surface area contributed by atoms with Crippen molar-refractivity contribution in [2.75, 3.05) is 13.6 Å². The number of nitrogens with zero attached hydrogens (tertiary/aromatic N) is 2. The van der Waals surface area contributed by atoms with Crippen LogP contribution in [0.3, 0.4) is 0 Å². The molecule has 0 saturated heterocycles. The van der Waals surface area contributed by atoms with Crippen molar-refractivity contribution in [1.82, 2.24) is 9.88 Å². The lowest BCUT2D eigenvalue weighted by molar-refractivity contribution is 0.0422. The predicted octanol–water partition coefficient (Wildman–Crippen LogP) is 3.01. The van der Waals surface area contributed by atoms with E-state index in [0.29, 0.717) is 6.54 Å². The molecule has 1 aromatic heterocycles. The van der Waals surface area contributed by atoms with Crippen LogP contribution in [0, 0.1) is 0 Å². The summed E-state index contributed by atoms with van der Waals surface area (Å²) in [6.07, 6.45) is 0. The first-order valence-electron chi connectivity index (χ1n) is 6.35. The molecular formula is C15H20N2OS. The fourth-order valence-electron chi connectivity index (χ4n) is 2.09. The molecule has 3 nitrogen and oxygen atoms in total. The fourth-order valence-corrected chi connectivity index (χ4v) is 2.90. The quantitative estimate of drug-likeness (QED) is 0.912. The Labute approximate surface area is 118 Å². The predicted molar refractivity (Wildman–Crippen MR) is 80.2 cm³/mol. The molecule has 19 heavy (non-hydrogen) atoms. The van der Waals surface area contributed by atoms with E-state index in [4.69, 9.17) is 0 Å². The van der Waals surface area contributed by atoms with Crippen LogP contribution < -0.4 is 0 Å². The largest absolute Gasteiger partial charge is 0.389 e. The summed E-state index contributed by atoms with van der Waals surface area (Å²) in [5, 5.41) is 12.9. The number of hydrogen-bond acceptors (Lipinski definition) is 4. The molecule has 0 aliphatic rings. The van der Waals surface area contributed by atoms with Gasteiger partial charge in [0.05, 0.1) is 11.3 Å². The summed E-state index contributed by atoms with van der Waals surface area (Å²) >= 11 is 1.66. The zero-order chi connectivity index (χ0) is 13.9. The lowest BCUT2D eigenvalue weighted by atomic mass is 10.1. The Kier molecular flexibility index (Phi) is 4.34. The summed E-state index contributed by atoms with van der Waals surface area (Å²) in [7, 11) is 2.00. The van der Waals surface area contributed by atoms with E-state index in [0.717, 1.165) is 22.8 Å². The van der Waals surface area contributed by atoms with Crippen molar-refractivity contribution in [2.45, 2.75) is 26.0 Å². The molecule has 0 saturated carbocycles. The van der Waals surface area contributed by atoms with Crippen LogP contribution in [0.4, 0.5) is 0 Å². The van der Waals surface area contributed by atoms with E-state index in [1.165, 1.54) is 0 Å². The van der Waals surface area contributed by atoms with Gasteiger partial charge in [0.25, 0.3) is 0 Å². The molecule has 0 aliphatic heterocycles. The molecule has 0 amide bonds. The van der Waals surface area contributed by atoms with E-state index >= 15 is 0 Å². The molecule has 0 atom stereocenters. The summed E-state index contributed by atoms with van der Waals surface area (Å²) in [5.41, 5.74) is 1.53. The highest BCUT2D eigenvalue weighted by atomic mass is 32.1. The zero-order valence-electron chi connectivity index (χ0n) is 11.6. The molecule has 0 spiro atoms. The fraction of sp³-hybridized carbons (Fsp3) is 0.400. The van der Waals surface area contributed by atoms with Gasteiger partial charge in [-0.3, -0.25) is 4.90 Å². The minimum atomic E-state index is -0.674. The summed E-state index contributed by atoms with van der Waals surface area (Å²) in [4.78, 5) is 6.73. The third-order valence-electron chi connectivity index (χ3n) is 2.66. The second-order valence-corrected chi connectivity index (χ2v) is 6.35. The Bertz CT molecular complexity index is 516. The lowest BCUT2D eigenvalue weighted by Gasteiger charge is -2.24. The third-order valence-corrected chi connectivity index (χ3v) is 3.60. The molecule has 0 bridgehead atoms. The topological polar surface area (TPSA) is 36.4 Å². The first kappa shape index (κ1) is 14.2. The van der Waals surface area contributed by atoms with Gasteiger partial charge in [0.15, 0.2) is 0 Å². The van der Waals surface area contributed by atoms with Crippen molar-refractivity contribution in [3.05, 3.63) is 41.4 Å². The second-order valence-electron chi connectivity index (χ2n) is 5.49. The monoisotopic (exact) mass is 276 g/mol. The summed E-state index contributed by atoms with van der Waals surface area (Å²) in [5.74, 6) is 0. The minimum Gasteiger partial charge on any atom is -0.389 e. The molecule has 2 aromatic rings. The molecule has 0 aliphatic carbocycles. The Morgan fingerprint density at radius 3 is 2.58 bits per heavy atom. The second kappa shape index (κ2) is 5.82. The van der Waals surface area contributed by atoms with Gasteiger partial charge in [0.2, 0.25) is 0 Å². The van der Waals surface area contributed by atoms with E-state index in [2.05, 4.69) is 27.4 Å². The van der Waals surface area contributed by atoms with E-state index in [-0.39, 0.29) is 0 Å². The first-order valence-corrected chi connectivity index (χ1v) is 7.23. The van der Waals surface area contributed by atoms with Crippen molar-refractivity contribution in [3.63, 3.8) is 0 Å². The average molecular weight is 276 g/mol. The highest BCUT2D eigenvalue weighted by Crippen LogP contribution is 2.23. The lowest BCUT2D eigenvalue weighted by Crippen LogP contribution is -2.35. The molecule has 0 unspecified atom stereocenters. The molecule has 1 N–H and O–H groups in total. The molecule has 2 rings (SSSR count). The number of thiazole rings is 1. The maximum absolute atomic E-state index is 9.79. The summed E-state index contributed by atoms with van der Waals surface area (Å²) in [6, 6.07) is 10.2. The van der Waals surface area contributed by atoms with Crippen LogP contribution in [0.25, 0.3) is 10.6 Å². The Morgan fingerprint density at radius 1 is 1.26 bits per heavy atom. The van der Waals surface area contributed by atoms with Crippen molar-refractivity contribution >= 4 is 11.3 Å². The van der Waals surface area contributed by atoms with Crippen LogP contribution in [0.15, 0.2) is 35.7 Å². The van der Waals surface area contributed by atoms with Gasteiger partial charge in [0, 0.05) is 24.0 Å². The molecule has 4 heteroatoms. The van der Waals surface area contributed by atoms with Gasteiger partial charge in [-0.15, -0.1) is 11.3 Å². The van der Waals surface area contributed by atoms with Crippen molar-refractivity contribution < 1.29 is 5.11 Å². The van der Waals surface area contributed by atoms with E-state index < -0.39 is 5.60 Å². The van der Waals surface area contributed by atoms with Crippen LogP contribution in [0.2, 0.25) is 0 Å². The van der Waals surface area contributed by atoms with Gasteiger partial charge in [0.1, 0.15) is 5.01 Å². The zero-order valence-corrected chi connectivity index (χ0v) is 12.4. The Hall–Kier alpha value is -1.23. The molecular weight excluding hydrogens is 256 g/mol. The van der Waals surface area contributed by atoms with Crippen LogP contribution in [0.5, 0.6) is 0 Å². The van der Waals surface area contributed by atoms with E-state index in [1.54, 1.807) is 11.3 Å². The van der Waals surface area contributed by atoms with Crippen LogP contribution in [-0.2, 0) is 6.54 Å². The standard InChI is InChI=1S/C15H20N2OS/c1-15(2,18)11-17(3)9-13-10-19-14(16-13)12-7-5-4-6-8-12/h4-8,10,18H,9,11H2,1-3H3. The van der Waals surface area contributed by atoms with E-state index in [9.17, 15) is 5.11 Å². The molecule has 102 valence electrons. The molecule has 1 heterocycles. The van der Waals surface area contributed by atoms with Crippen molar-refractivity contribution in [1.29, 1.82) is 0 Å². The minimum absolute atomic E-state index is 0.630. The van der Waals surface area contributed by atoms with Gasteiger partial charge >= 0.3 is 0 Å². The van der Waals surface area contributed by atoms with Crippen LogP contribution >= 0.6 is 11.3 Å². The molecule has 0 fully saturated rings. The SMILES string of the molecule is CN(Cc1csc(-c2ccccc2)n1)CC(C)(C)O. The number of benzene rings is 1. The van der Waals surface area contributed by atoms with E-state index in [1.807, 2.05) is 39.1 Å². The first-order chi connectivity index (χ1) is 8.94. The normalized spacial score (nSPS) is 12.1. The average Bonchev–Trinajstić information content (AvgIpc) is 2.76. The smallest absolute Gasteiger partial charge is 0.123 e. The maximum Gasteiger partial charge on any atom is 0.123 e. The van der Waals surface area contributed by atoms with Gasteiger partial charge in [-0.2, -0.15) is 0 Å². The Balaban J connectivity index is 2.02. The van der Waals surface area contributed by atoms with Crippen LogP contribution in [-0.4, -0.2) is 34.2 Å². The van der Waals surface area contributed by atoms with Gasteiger partial charge in [-0.1, -0.05) is 30.3 Å². The highest BCUT2D eigenvalue weighted by Gasteiger charge is 2.16. The number of likely N-dealkylation sites (N-methyl/N-ethyl adjacent to an activating group) is 1. The van der Waals surface area contributed by atoms with Crippen molar-refractivity contribution in [3.8, 4) is 10.6 Å². The number of aromatic nitrogens is 1. The summed E-state index contributed by atoms with van der Waals surface area (Å²) in [6.45, 7) is 5.03. The number of hydrogen-bond donors (Lipinski definition) is 1.